The smallest absolute Gasteiger partial charge is 0.409 e. The van der Waals surface area contributed by atoms with Crippen LogP contribution in [0.3, 0.4) is 0 Å². The first-order valence-electron chi connectivity index (χ1n) is 9.57. The molecule has 8 nitrogen and oxygen atoms in total. The molecule has 0 N–H and O–H groups in total. The van der Waals surface area contributed by atoms with Crippen LogP contribution in [0.5, 0.6) is 0 Å². The lowest BCUT2D eigenvalue weighted by Crippen LogP contribution is -2.37. The molecule has 1 aliphatic heterocycles. The fourth-order valence-electron chi connectivity index (χ4n) is 3.45. The molecule has 0 unspecified atom stereocenters. The Morgan fingerprint density at radius 3 is 2.46 bits per heavy atom. The van der Waals surface area contributed by atoms with Crippen molar-refractivity contribution in [2.75, 3.05) is 33.3 Å². The maximum Gasteiger partial charge on any atom is 0.409 e. The van der Waals surface area contributed by atoms with Gasteiger partial charge in [0, 0.05) is 26.2 Å². The van der Waals surface area contributed by atoms with Crippen LogP contribution in [-0.2, 0) is 4.74 Å². The van der Waals surface area contributed by atoms with Crippen molar-refractivity contribution in [3.8, 4) is 5.69 Å². The lowest BCUT2D eigenvalue weighted by molar-refractivity contribution is 0.0745. The molecule has 0 saturated carbocycles. The van der Waals surface area contributed by atoms with E-state index in [1.54, 1.807) is 14.5 Å². The van der Waals surface area contributed by atoms with Crippen molar-refractivity contribution in [3.05, 3.63) is 41.5 Å². The SMILES string of the molecule is COC(=O)N1CCCN(C(=O)c2nc(C)n(-c3ccccc3C(C)C)n2)CC1. The van der Waals surface area contributed by atoms with Crippen LogP contribution >= 0.6 is 0 Å². The summed E-state index contributed by atoms with van der Waals surface area (Å²) in [7, 11) is 1.37. The molecule has 0 bridgehead atoms. The highest BCUT2D eigenvalue weighted by Gasteiger charge is 2.26. The molecular weight excluding hydrogens is 358 g/mol. The van der Waals surface area contributed by atoms with Gasteiger partial charge in [-0.05, 0) is 30.9 Å². The van der Waals surface area contributed by atoms with Crippen LogP contribution in [0.4, 0.5) is 4.79 Å². The fraction of sp³-hybridized carbons (Fsp3) is 0.500. The third-order valence-corrected chi connectivity index (χ3v) is 4.96. The molecule has 0 aliphatic carbocycles. The summed E-state index contributed by atoms with van der Waals surface area (Å²) in [4.78, 5) is 32.4. The first kappa shape index (κ1) is 19.9. The molecule has 1 aromatic carbocycles. The largest absolute Gasteiger partial charge is 0.453 e. The van der Waals surface area contributed by atoms with Crippen molar-refractivity contribution in [1.29, 1.82) is 0 Å². The molecule has 0 radical (unpaired) electrons. The molecule has 150 valence electrons. The summed E-state index contributed by atoms with van der Waals surface area (Å²) in [5.41, 5.74) is 2.09. The molecule has 2 aromatic rings. The molecule has 8 heteroatoms. The molecule has 1 aromatic heterocycles. The number of carbonyl (C=O) groups is 2. The Labute approximate surface area is 165 Å². The quantitative estimate of drug-likeness (QED) is 0.811. The monoisotopic (exact) mass is 385 g/mol. The number of aryl methyl sites for hydroxylation is 1. The Morgan fingerprint density at radius 2 is 1.75 bits per heavy atom. The number of methoxy groups -OCH3 is 1. The second kappa shape index (κ2) is 8.41. The van der Waals surface area contributed by atoms with Gasteiger partial charge in [0.05, 0.1) is 12.8 Å². The molecule has 2 heterocycles. The molecule has 1 saturated heterocycles. The maximum absolute atomic E-state index is 13.0. The summed E-state index contributed by atoms with van der Waals surface area (Å²) in [6.45, 7) is 8.10. The fourth-order valence-corrected chi connectivity index (χ4v) is 3.45. The average molecular weight is 385 g/mol. The predicted octanol–water partition coefficient (Wildman–Crippen LogP) is 2.61. The van der Waals surface area contributed by atoms with Crippen LogP contribution in [-0.4, -0.2) is 69.9 Å². The zero-order chi connectivity index (χ0) is 20.3. The second-order valence-corrected chi connectivity index (χ2v) is 7.21. The molecule has 1 fully saturated rings. The van der Waals surface area contributed by atoms with E-state index in [-0.39, 0.29) is 17.8 Å². The van der Waals surface area contributed by atoms with Crippen LogP contribution in [0, 0.1) is 6.92 Å². The molecule has 0 spiro atoms. The van der Waals surface area contributed by atoms with Gasteiger partial charge in [-0.1, -0.05) is 32.0 Å². The summed E-state index contributed by atoms with van der Waals surface area (Å²) < 4.78 is 6.52. The van der Waals surface area contributed by atoms with Gasteiger partial charge in [0.1, 0.15) is 5.82 Å². The van der Waals surface area contributed by atoms with Crippen LogP contribution < -0.4 is 0 Å². The molecule has 0 atom stereocenters. The van der Waals surface area contributed by atoms with E-state index in [1.165, 1.54) is 7.11 Å². The van der Waals surface area contributed by atoms with Crippen molar-refractivity contribution in [3.63, 3.8) is 0 Å². The Hall–Kier alpha value is -2.90. The summed E-state index contributed by atoms with van der Waals surface area (Å²) >= 11 is 0. The lowest BCUT2D eigenvalue weighted by atomic mass is 10.0. The van der Waals surface area contributed by atoms with Crippen LogP contribution in [0.25, 0.3) is 5.69 Å². The lowest BCUT2D eigenvalue weighted by Gasteiger charge is -2.20. The van der Waals surface area contributed by atoms with E-state index in [2.05, 4.69) is 30.0 Å². The van der Waals surface area contributed by atoms with Gasteiger partial charge < -0.3 is 14.5 Å². The normalized spacial score (nSPS) is 14.9. The highest BCUT2D eigenvalue weighted by molar-refractivity contribution is 5.90. The van der Waals surface area contributed by atoms with E-state index in [1.807, 2.05) is 25.1 Å². The standard InChI is InChI=1S/C20H27N5O3/c1-14(2)16-8-5-6-9-17(16)25-15(3)21-18(22-25)19(26)23-10-7-11-24(13-12-23)20(27)28-4/h5-6,8-9,14H,7,10-13H2,1-4H3. The van der Waals surface area contributed by atoms with E-state index in [0.717, 1.165) is 11.3 Å². The van der Waals surface area contributed by atoms with Crippen LogP contribution in [0.2, 0.25) is 0 Å². The molecule has 1 aliphatic rings. The number of hydrogen-bond donors (Lipinski definition) is 0. The van der Waals surface area contributed by atoms with Crippen molar-refractivity contribution >= 4 is 12.0 Å². The Bertz CT molecular complexity index is 861. The van der Waals surface area contributed by atoms with Crippen molar-refractivity contribution in [1.82, 2.24) is 24.6 Å². The van der Waals surface area contributed by atoms with E-state index in [4.69, 9.17) is 4.74 Å². The van der Waals surface area contributed by atoms with Gasteiger partial charge in [0.15, 0.2) is 0 Å². The number of hydrogen-bond acceptors (Lipinski definition) is 5. The number of nitrogens with zero attached hydrogens (tertiary/aromatic N) is 5. The number of ether oxygens (including phenoxy) is 1. The summed E-state index contributed by atoms with van der Waals surface area (Å²) in [6.07, 6.45) is 0.328. The van der Waals surface area contributed by atoms with Crippen LogP contribution in [0.15, 0.2) is 24.3 Å². The second-order valence-electron chi connectivity index (χ2n) is 7.21. The number of amides is 2. The Balaban J connectivity index is 1.81. The van der Waals surface area contributed by atoms with Gasteiger partial charge in [-0.25, -0.2) is 14.5 Å². The van der Waals surface area contributed by atoms with E-state index in [0.29, 0.717) is 44.3 Å². The minimum absolute atomic E-state index is 0.183. The number of rotatable bonds is 3. The zero-order valence-corrected chi connectivity index (χ0v) is 16.9. The first-order chi connectivity index (χ1) is 13.4. The van der Waals surface area contributed by atoms with Crippen molar-refractivity contribution in [2.24, 2.45) is 0 Å². The minimum Gasteiger partial charge on any atom is -0.453 e. The van der Waals surface area contributed by atoms with Gasteiger partial charge in [-0.2, -0.15) is 0 Å². The van der Waals surface area contributed by atoms with Gasteiger partial charge >= 0.3 is 6.09 Å². The predicted molar refractivity (Wildman–Crippen MR) is 105 cm³/mol. The minimum atomic E-state index is -0.363. The number of para-hydroxylation sites is 1. The third kappa shape index (κ3) is 4.00. The molecular formula is C20H27N5O3. The number of benzene rings is 1. The van der Waals surface area contributed by atoms with Crippen molar-refractivity contribution in [2.45, 2.75) is 33.1 Å². The van der Waals surface area contributed by atoms with Gasteiger partial charge in [-0.3, -0.25) is 4.79 Å². The summed E-state index contributed by atoms with van der Waals surface area (Å²) in [5.74, 6) is 0.967. The molecule has 3 rings (SSSR count). The van der Waals surface area contributed by atoms with Crippen LogP contribution in [0.1, 0.15) is 48.2 Å². The summed E-state index contributed by atoms with van der Waals surface area (Å²) in [5, 5.41) is 4.51. The molecule has 28 heavy (non-hydrogen) atoms. The maximum atomic E-state index is 13.0. The van der Waals surface area contributed by atoms with Gasteiger partial charge in [0.2, 0.25) is 5.82 Å². The third-order valence-electron chi connectivity index (χ3n) is 4.96. The van der Waals surface area contributed by atoms with Gasteiger partial charge in [0.25, 0.3) is 5.91 Å². The Morgan fingerprint density at radius 1 is 1.07 bits per heavy atom. The highest BCUT2D eigenvalue weighted by atomic mass is 16.5. The number of carbonyl (C=O) groups excluding carboxylic acids is 2. The van der Waals surface area contributed by atoms with Crippen molar-refractivity contribution < 1.29 is 14.3 Å². The number of aromatic nitrogens is 3. The average Bonchev–Trinajstić information content (AvgIpc) is 2.92. The zero-order valence-electron chi connectivity index (χ0n) is 16.9. The van der Waals surface area contributed by atoms with E-state index < -0.39 is 0 Å². The molecule has 2 amide bonds. The highest BCUT2D eigenvalue weighted by Crippen LogP contribution is 2.23. The van der Waals surface area contributed by atoms with E-state index in [9.17, 15) is 9.59 Å². The first-order valence-corrected chi connectivity index (χ1v) is 9.57. The van der Waals surface area contributed by atoms with E-state index >= 15 is 0 Å². The summed E-state index contributed by atoms with van der Waals surface area (Å²) in [6, 6.07) is 8.02. The Kier molecular flexibility index (Phi) is 5.96. The topological polar surface area (TPSA) is 80.6 Å². The van der Waals surface area contributed by atoms with Gasteiger partial charge in [-0.15, -0.1) is 5.10 Å².